The van der Waals surface area contributed by atoms with Crippen LogP contribution in [0, 0.1) is 5.92 Å². The molecular formula is C20H27F3N2O4S. The summed E-state index contributed by atoms with van der Waals surface area (Å²) in [5.74, 6) is -1.63. The monoisotopic (exact) mass is 448 g/mol. The molecule has 0 bridgehead atoms. The second-order valence-corrected chi connectivity index (χ2v) is 9.77. The lowest BCUT2D eigenvalue weighted by molar-refractivity contribution is -0.184. The third-order valence-corrected chi connectivity index (χ3v) is 7.59. The molecule has 1 aliphatic carbocycles. The molecule has 2 unspecified atom stereocenters. The van der Waals surface area contributed by atoms with Crippen molar-refractivity contribution in [3.05, 3.63) is 29.8 Å². The molecule has 2 fully saturated rings. The highest BCUT2D eigenvalue weighted by Gasteiger charge is 2.42. The second kappa shape index (κ2) is 9.65. The number of morpholine rings is 1. The summed E-state index contributed by atoms with van der Waals surface area (Å²) in [7, 11) is -3.56. The average Bonchev–Trinajstić information content (AvgIpc) is 2.73. The van der Waals surface area contributed by atoms with E-state index < -0.39 is 28.2 Å². The first-order chi connectivity index (χ1) is 14.2. The van der Waals surface area contributed by atoms with Crippen LogP contribution in [-0.2, 0) is 26.0 Å². The fourth-order valence-corrected chi connectivity index (χ4v) is 5.35. The van der Waals surface area contributed by atoms with Crippen molar-refractivity contribution in [1.82, 2.24) is 9.62 Å². The first kappa shape index (κ1) is 23.0. The predicted octanol–water partition coefficient (Wildman–Crippen LogP) is 2.88. The Morgan fingerprint density at radius 2 is 1.80 bits per heavy atom. The van der Waals surface area contributed by atoms with Gasteiger partial charge in [-0.25, -0.2) is 8.42 Å². The molecule has 10 heteroatoms. The zero-order valence-electron chi connectivity index (χ0n) is 16.7. The van der Waals surface area contributed by atoms with E-state index in [0.29, 0.717) is 45.6 Å². The van der Waals surface area contributed by atoms with E-state index in [4.69, 9.17) is 4.74 Å². The Bertz CT molecular complexity index is 821. The number of halogens is 3. The van der Waals surface area contributed by atoms with Crippen molar-refractivity contribution in [3.63, 3.8) is 0 Å². The van der Waals surface area contributed by atoms with E-state index in [0.717, 1.165) is 5.56 Å². The molecule has 1 aromatic carbocycles. The van der Waals surface area contributed by atoms with Gasteiger partial charge in [-0.05, 0) is 43.4 Å². The van der Waals surface area contributed by atoms with Crippen molar-refractivity contribution in [2.24, 2.45) is 5.92 Å². The molecule has 6 nitrogen and oxygen atoms in total. The minimum Gasteiger partial charge on any atom is -0.379 e. The number of hydrogen-bond donors (Lipinski definition) is 1. The van der Waals surface area contributed by atoms with E-state index in [2.05, 4.69) is 5.32 Å². The quantitative estimate of drug-likeness (QED) is 0.726. The average molecular weight is 449 g/mol. The minimum atomic E-state index is -4.22. The Morgan fingerprint density at radius 1 is 1.13 bits per heavy atom. The molecule has 0 radical (unpaired) electrons. The lowest BCUT2D eigenvalue weighted by atomic mass is 9.85. The fourth-order valence-electron chi connectivity index (χ4n) is 3.94. The van der Waals surface area contributed by atoms with Gasteiger partial charge >= 0.3 is 6.18 Å². The SMILES string of the molecule is O=C(CCc1ccc(S(=O)(=O)N2CCOCC2)cc1)NC1CCCC(C(F)(F)F)C1. The highest BCUT2D eigenvalue weighted by Crippen LogP contribution is 2.37. The Morgan fingerprint density at radius 3 is 2.43 bits per heavy atom. The van der Waals surface area contributed by atoms with E-state index in [9.17, 15) is 26.4 Å². The fraction of sp³-hybridized carbons (Fsp3) is 0.650. The number of nitrogens with zero attached hydrogens (tertiary/aromatic N) is 1. The number of rotatable bonds is 6. The maximum absolute atomic E-state index is 12.9. The zero-order chi connectivity index (χ0) is 21.8. The smallest absolute Gasteiger partial charge is 0.379 e. The van der Waals surface area contributed by atoms with Crippen molar-refractivity contribution < 1.29 is 31.1 Å². The molecule has 1 saturated carbocycles. The number of nitrogens with one attached hydrogen (secondary N) is 1. The molecule has 1 amide bonds. The van der Waals surface area contributed by atoms with E-state index in [1.165, 1.54) is 16.4 Å². The summed E-state index contributed by atoms with van der Waals surface area (Å²) in [6.45, 7) is 1.38. The van der Waals surface area contributed by atoms with E-state index in [1.54, 1.807) is 12.1 Å². The molecule has 2 atom stereocenters. The van der Waals surface area contributed by atoms with Gasteiger partial charge in [-0.1, -0.05) is 18.6 Å². The van der Waals surface area contributed by atoms with Crippen molar-refractivity contribution >= 4 is 15.9 Å². The second-order valence-electron chi connectivity index (χ2n) is 7.83. The third-order valence-electron chi connectivity index (χ3n) is 5.67. The molecule has 168 valence electrons. The third kappa shape index (κ3) is 5.95. The van der Waals surface area contributed by atoms with Gasteiger partial charge in [0.25, 0.3) is 0 Å². The predicted molar refractivity (Wildman–Crippen MR) is 104 cm³/mol. The van der Waals surface area contributed by atoms with Crippen LogP contribution in [0.25, 0.3) is 0 Å². The Hall–Kier alpha value is -1.65. The molecule has 0 aromatic heterocycles. The molecule has 0 spiro atoms. The number of carbonyl (C=O) groups is 1. The summed E-state index contributed by atoms with van der Waals surface area (Å²) >= 11 is 0. The Kier molecular flexibility index (Phi) is 7.41. The normalized spacial score (nSPS) is 23.8. The van der Waals surface area contributed by atoms with Crippen molar-refractivity contribution in [1.29, 1.82) is 0 Å². The van der Waals surface area contributed by atoms with E-state index >= 15 is 0 Å². The summed E-state index contributed by atoms with van der Waals surface area (Å²) in [6.07, 6.45) is -2.62. The number of aryl methyl sites for hydroxylation is 1. The van der Waals surface area contributed by atoms with Crippen molar-refractivity contribution in [3.8, 4) is 0 Å². The van der Waals surface area contributed by atoms with Crippen molar-refractivity contribution in [2.75, 3.05) is 26.3 Å². The van der Waals surface area contributed by atoms with Gasteiger partial charge in [0.05, 0.1) is 24.0 Å². The maximum atomic E-state index is 12.9. The molecule has 1 heterocycles. The highest BCUT2D eigenvalue weighted by molar-refractivity contribution is 7.89. The highest BCUT2D eigenvalue weighted by atomic mass is 32.2. The molecule has 1 N–H and O–H groups in total. The van der Waals surface area contributed by atoms with Gasteiger partial charge in [-0.15, -0.1) is 0 Å². The first-order valence-corrected chi connectivity index (χ1v) is 11.6. The Balaban J connectivity index is 1.49. The summed E-state index contributed by atoms with van der Waals surface area (Å²) in [5.41, 5.74) is 0.794. The van der Waals surface area contributed by atoms with Crippen molar-refractivity contribution in [2.45, 2.75) is 55.6 Å². The topological polar surface area (TPSA) is 75.7 Å². The summed E-state index contributed by atoms with van der Waals surface area (Å²) < 4.78 is 70.5. The van der Waals surface area contributed by atoms with Gasteiger partial charge in [0.1, 0.15) is 0 Å². The van der Waals surface area contributed by atoms with Gasteiger partial charge in [-0.2, -0.15) is 17.5 Å². The standard InChI is InChI=1S/C20H27F3N2O4S/c21-20(22,23)16-2-1-3-17(14-16)24-19(26)9-6-15-4-7-18(8-5-15)30(27,28)25-10-12-29-13-11-25/h4-5,7-8,16-17H,1-3,6,9-14H2,(H,24,26). The van der Waals surface area contributed by atoms with Crippen LogP contribution in [0.2, 0.25) is 0 Å². The molecule has 1 aliphatic heterocycles. The minimum absolute atomic E-state index is 0.0661. The molecule has 30 heavy (non-hydrogen) atoms. The Labute approximate surface area is 174 Å². The van der Waals surface area contributed by atoms with Gasteiger partial charge in [0.2, 0.25) is 15.9 Å². The van der Waals surface area contributed by atoms with Crippen LogP contribution >= 0.6 is 0 Å². The number of carbonyl (C=O) groups excluding carboxylic acids is 1. The van der Waals surface area contributed by atoms with Gasteiger partial charge in [0.15, 0.2) is 0 Å². The van der Waals surface area contributed by atoms with Gasteiger partial charge < -0.3 is 10.1 Å². The summed E-state index contributed by atoms with van der Waals surface area (Å²) in [4.78, 5) is 12.4. The van der Waals surface area contributed by atoms with Crippen LogP contribution in [0.5, 0.6) is 0 Å². The van der Waals surface area contributed by atoms with Gasteiger partial charge in [-0.3, -0.25) is 4.79 Å². The molecule has 3 rings (SSSR count). The number of benzene rings is 1. The number of sulfonamides is 1. The lowest BCUT2D eigenvalue weighted by Gasteiger charge is -2.31. The van der Waals surface area contributed by atoms with E-state index in [1.807, 2.05) is 0 Å². The van der Waals surface area contributed by atoms with Crippen LogP contribution in [0.4, 0.5) is 13.2 Å². The van der Waals surface area contributed by atoms with Crippen LogP contribution in [0.1, 0.15) is 37.7 Å². The number of amides is 1. The summed E-state index contributed by atoms with van der Waals surface area (Å²) in [5, 5.41) is 2.72. The molecule has 1 aromatic rings. The van der Waals surface area contributed by atoms with Crippen LogP contribution in [-0.4, -0.2) is 57.2 Å². The van der Waals surface area contributed by atoms with Crippen LogP contribution < -0.4 is 5.32 Å². The van der Waals surface area contributed by atoms with Gasteiger partial charge in [0, 0.05) is 25.6 Å². The van der Waals surface area contributed by atoms with Crippen LogP contribution in [0.15, 0.2) is 29.2 Å². The number of hydrogen-bond acceptors (Lipinski definition) is 4. The first-order valence-electron chi connectivity index (χ1n) is 10.2. The number of alkyl halides is 3. The largest absolute Gasteiger partial charge is 0.391 e. The molecular weight excluding hydrogens is 421 g/mol. The molecule has 1 saturated heterocycles. The van der Waals surface area contributed by atoms with Crippen LogP contribution in [0.3, 0.4) is 0 Å². The zero-order valence-corrected chi connectivity index (χ0v) is 17.5. The summed E-state index contributed by atoms with van der Waals surface area (Å²) in [6, 6.07) is 5.93. The maximum Gasteiger partial charge on any atom is 0.391 e. The van der Waals surface area contributed by atoms with E-state index in [-0.39, 0.29) is 30.1 Å². The lowest BCUT2D eigenvalue weighted by Crippen LogP contribution is -2.41. The molecule has 2 aliphatic rings. The number of ether oxygens (including phenoxy) is 1.